The second-order valence-electron chi connectivity index (χ2n) is 5.63. The summed E-state index contributed by atoms with van der Waals surface area (Å²) in [7, 11) is 0. The van der Waals surface area contributed by atoms with Crippen LogP contribution in [0.15, 0.2) is 12.4 Å². The zero-order valence-corrected chi connectivity index (χ0v) is 14.2. The maximum absolute atomic E-state index is 12.2. The van der Waals surface area contributed by atoms with Gasteiger partial charge in [0.05, 0.1) is 10.7 Å². The largest absolute Gasteiger partial charge is 0.370 e. The first kappa shape index (κ1) is 16.0. The van der Waals surface area contributed by atoms with Crippen molar-refractivity contribution in [2.24, 2.45) is 0 Å². The van der Waals surface area contributed by atoms with Crippen LogP contribution in [0.2, 0.25) is 0 Å². The van der Waals surface area contributed by atoms with Gasteiger partial charge in [0, 0.05) is 31.1 Å². The summed E-state index contributed by atoms with van der Waals surface area (Å²) in [6.45, 7) is 4.93. The molecular weight excluding hydrogens is 312 g/mol. The molecule has 1 atom stereocenters. The van der Waals surface area contributed by atoms with Crippen LogP contribution >= 0.6 is 11.3 Å². The van der Waals surface area contributed by atoms with Gasteiger partial charge in [0.25, 0.3) is 5.91 Å². The molecule has 0 bridgehead atoms. The van der Waals surface area contributed by atoms with E-state index in [-0.39, 0.29) is 12.0 Å². The number of hydrogen-bond donors (Lipinski definition) is 1. The van der Waals surface area contributed by atoms with Crippen LogP contribution in [-0.2, 0) is 11.3 Å². The Hall–Kier alpha value is -1.86. The van der Waals surface area contributed by atoms with Crippen molar-refractivity contribution in [1.82, 2.24) is 20.3 Å². The van der Waals surface area contributed by atoms with E-state index in [0.717, 1.165) is 48.0 Å². The monoisotopic (exact) mass is 332 g/mol. The molecule has 2 aromatic heterocycles. The summed E-state index contributed by atoms with van der Waals surface area (Å²) in [4.78, 5) is 25.9. The third-order valence-electron chi connectivity index (χ3n) is 3.76. The molecule has 6 nitrogen and oxygen atoms in total. The minimum atomic E-state index is -0.104. The Morgan fingerprint density at radius 3 is 2.74 bits per heavy atom. The van der Waals surface area contributed by atoms with Crippen LogP contribution in [0.1, 0.15) is 57.1 Å². The van der Waals surface area contributed by atoms with Crippen molar-refractivity contribution < 1.29 is 9.53 Å². The molecule has 3 rings (SSSR count). The van der Waals surface area contributed by atoms with Gasteiger partial charge in [-0.05, 0) is 33.1 Å². The van der Waals surface area contributed by atoms with Gasteiger partial charge in [0.1, 0.15) is 11.0 Å². The maximum atomic E-state index is 12.2. The number of hydrogen-bond acceptors (Lipinski definition) is 6. The summed E-state index contributed by atoms with van der Waals surface area (Å²) < 4.78 is 5.68. The van der Waals surface area contributed by atoms with Gasteiger partial charge in [-0.25, -0.2) is 15.0 Å². The second kappa shape index (κ2) is 7.14. The van der Waals surface area contributed by atoms with Crippen molar-refractivity contribution in [3.05, 3.63) is 39.4 Å². The highest BCUT2D eigenvalue weighted by Crippen LogP contribution is 2.24. The van der Waals surface area contributed by atoms with Crippen molar-refractivity contribution >= 4 is 17.2 Å². The molecule has 0 aromatic carbocycles. The summed E-state index contributed by atoms with van der Waals surface area (Å²) in [6, 6.07) is 0. The zero-order chi connectivity index (χ0) is 16.2. The number of ether oxygens (including phenoxy) is 1. The molecule has 1 unspecified atom stereocenters. The Bertz CT molecular complexity index is 678. The average molecular weight is 332 g/mol. The van der Waals surface area contributed by atoms with Crippen molar-refractivity contribution in [2.45, 2.75) is 45.8 Å². The number of rotatable bonds is 4. The number of carbonyl (C=O) groups is 1. The molecule has 1 fully saturated rings. The molecule has 1 amide bonds. The number of aromatic nitrogens is 3. The van der Waals surface area contributed by atoms with Gasteiger partial charge in [-0.1, -0.05) is 0 Å². The molecule has 0 saturated carbocycles. The normalized spacial score (nSPS) is 17.9. The molecule has 1 aliphatic rings. The Morgan fingerprint density at radius 2 is 2.13 bits per heavy atom. The number of nitrogens with zero attached hydrogens (tertiary/aromatic N) is 3. The minimum Gasteiger partial charge on any atom is -0.370 e. The third kappa shape index (κ3) is 3.92. The van der Waals surface area contributed by atoms with Crippen molar-refractivity contribution in [2.75, 3.05) is 6.61 Å². The van der Waals surface area contributed by atoms with Crippen LogP contribution in [-0.4, -0.2) is 27.5 Å². The van der Waals surface area contributed by atoms with E-state index in [1.54, 1.807) is 12.4 Å². The Morgan fingerprint density at radius 1 is 1.35 bits per heavy atom. The van der Waals surface area contributed by atoms with E-state index < -0.39 is 0 Å². The summed E-state index contributed by atoms with van der Waals surface area (Å²) >= 11 is 1.41. The standard InChI is InChI=1S/C16H20N4O2S/c1-10-14(23-11(2)20-10)16(21)19-9-12-7-17-15(18-8-12)13-5-3-4-6-22-13/h7-8,13H,3-6,9H2,1-2H3,(H,19,21). The summed E-state index contributed by atoms with van der Waals surface area (Å²) in [5.41, 5.74) is 1.64. The van der Waals surface area contributed by atoms with Crippen LogP contribution in [0, 0.1) is 13.8 Å². The lowest BCUT2D eigenvalue weighted by atomic mass is 10.1. The molecule has 1 saturated heterocycles. The lowest BCUT2D eigenvalue weighted by molar-refractivity contribution is 0.00940. The smallest absolute Gasteiger partial charge is 0.263 e. The van der Waals surface area contributed by atoms with Crippen LogP contribution in [0.3, 0.4) is 0 Å². The van der Waals surface area contributed by atoms with E-state index in [4.69, 9.17) is 4.74 Å². The van der Waals surface area contributed by atoms with E-state index in [0.29, 0.717) is 11.4 Å². The first-order valence-corrected chi connectivity index (χ1v) is 8.60. The van der Waals surface area contributed by atoms with Crippen LogP contribution in [0.5, 0.6) is 0 Å². The highest BCUT2D eigenvalue weighted by molar-refractivity contribution is 7.13. The highest BCUT2D eigenvalue weighted by Gasteiger charge is 2.18. The van der Waals surface area contributed by atoms with Crippen molar-refractivity contribution in [3.63, 3.8) is 0 Å². The van der Waals surface area contributed by atoms with Gasteiger partial charge in [-0.3, -0.25) is 4.79 Å². The average Bonchev–Trinajstić information content (AvgIpc) is 2.92. The quantitative estimate of drug-likeness (QED) is 0.931. The molecule has 1 N–H and O–H groups in total. The molecule has 2 aromatic rings. The highest BCUT2D eigenvalue weighted by atomic mass is 32.1. The second-order valence-corrected chi connectivity index (χ2v) is 6.84. The minimum absolute atomic E-state index is 0.00945. The zero-order valence-electron chi connectivity index (χ0n) is 13.3. The Labute approximate surface area is 139 Å². The summed E-state index contributed by atoms with van der Waals surface area (Å²) in [5.74, 6) is 0.626. The Balaban J connectivity index is 1.58. The molecule has 122 valence electrons. The lowest BCUT2D eigenvalue weighted by Gasteiger charge is -2.21. The third-order valence-corrected chi connectivity index (χ3v) is 4.83. The van der Waals surface area contributed by atoms with Gasteiger partial charge in [-0.15, -0.1) is 11.3 Å². The number of carbonyl (C=O) groups excluding carboxylic acids is 1. The fourth-order valence-electron chi connectivity index (χ4n) is 2.57. The number of aryl methyl sites for hydroxylation is 2. The van der Waals surface area contributed by atoms with Crippen LogP contribution in [0.4, 0.5) is 0 Å². The molecule has 23 heavy (non-hydrogen) atoms. The van der Waals surface area contributed by atoms with Gasteiger partial charge < -0.3 is 10.1 Å². The van der Waals surface area contributed by atoms with Crippen molar-refractivity contribution in [1.29, 1.82) is 0 Å². The molecule has 7 heteroatoms. The predicted molar refractivity (Wildman–Crippen MR) is 87.3 cm³/mol. The lowest BCUT2D eigenvalue weighted by Crippen LogP contribution is -2.23. The van der Waals surface area contributed by atoms with E-state index in [9.17, 15) is 4.79 Å². The molecule has 0 radical (unpaired) electrons. The summed E-state index contributed by atoms with van der Waals surface area (Å²) in [6.07, 6.45) is 6.75. The predicted octanol–water partition coefficient (Wildman–Crippen LogP) is 2.72. The van der Waals surface area contributed by atoms with E-state index in [1.165, 1.54) is 11.3 Å². The van der Waals surface area contributed by atoms with Gasteiger partial charge in [0.15, 0.2) is 5.82 Å². The van der Waals surface area contributed by atoms with Gasteiger partial charge in [-0.2, -0.15) is 0 Å². The van der Waals surface area contributed by atoms with E-state index >= 15 is 0 Å². The molecule has 1 aliphatic heterocycles. The SMILES string of the molecule is Cc1nc(C)c(C(=O)NCc2cnc(C3CCCCO3)nc2)s1. The number of thiazole rings is 1. The number of amides is 1. The maximum Gasteiger partial charge on any atom is 0.263 e. The van der Waals surface area contributed by atoms with Crippen molar-refractivity contribution in [3.8, 4) is 0 Å². The van der Waals surface area contributed by atoms with E-state index in [2.05, 4.69) is 20.3 Å². The van der Waals surface area contributed by atoms with Gasteiger partial charge in [0.2, 0.25) is 0 Å². The Kier molecular flexibility index (Phi) is 4.97. The van der Waals surface area contributed by atoms with Crippen LogP contribution in [0.25, 0.3) is 0 Å². The van der Waals surface area contributed by atoms with E-state index in [1.807, 2.05) is 13.8 Å². The molecule has 0 aliphatic carbocycles. The molecule has 0 spiro atoms. The first-order valence-electron chi connectivity index (χ1n) is 7.78. The molecule has 3 heterocycles. The molecular formula is C16H20N4O2S. The number of nitrogens with one attached hydrogen (secondary N) is 1. The topological polar surface area (TPSA) is 77.0 Å². The van der Waals surface area contributed by atoms with Crippen LogP contribution < -0.4 is 5.32 Å². The van der Waals surface area contributed by atoms with Gasteiger partial charge >= 0.3 is 0 Å². The fraction of sp³-hybridized carbons (Fsp3) is 0.500. The fourth-order valence-corrected chi connectivity index (χ4v) is 3.41. The summed E-state index contributed by atoms with van der Waals surface area (Å²) in [5, 5.41) is 3.78. The first-order chi connectivity index (χ1) is 11.1.